The molecule has 0 bridgehead atoms. The van der Waals surface area contributed by atoms with Crippen molar-refractivity contribution in [1.82, 2.24) is 9.97 Å². The number of hydrogen-bond acceptors (Lipinski definition) is 9. The predicted molar refractivity (Wildman–Crippen MR) is 112 cm³/mol. The topological polar surface area (TPSA) is 213 Å². The molecule has 11 heteroatoms. The van der Waals surface area contributed by atoms with E-state index in [0.29, 0.717) is 16.8 Å². The number of phenolic OH excluding ortho intramolecular Hbond substituents is 1. The van der Waals surface area contributed by atoms with E-state index >= 15 is 0 Å². The Kier molecular flexibility index (Phi) is 4.29. The Morgan fingerprint density at radius 2 is 1.94 bits per heavy atom. The van der Waals surface area contributed by atoms with Crippen molar-refractivity contribution in [3.63, 3.8) is 0 Å². The van der Waals surface area contributed by atoms with Crippen molar-refractivity contribution in [3.05, 3.63) is 52.7 Å². The number of rotatable bonds is 2. The molecule has 1 aromatic heterocycles. The second-order valence-corrected chi connectivity index (χ2v) is 8.53. The number of fused-ring (bicyclic) bond motifs is 3. The smallest absolute Gasteiger partial charge is 0.255 e. The van der Waals surface area contributed by atoms with Crippen LogP contribution < -0.4 is 11.5 Å². The molecule has 1 aromatic carbocycles. The maximum atomic E-state index is 13.5. The highest BCUT2D eigenvalue weighted by atomic mass is 16.3. The number of nitrogens with two attached hydrogens (primary N) is 2. The standard InChI is InChI=1S/C22H20N4O7/c23-16-10-4-7-3-9-8(11-5-25-6-26-11)1-2-12(27)14(9)17(28)13(7)19(30)22(10,33)20(31)15(18(16)29)21(24)32/h1-2,5-7,10,16,27-28,31,33H,3-4,23H2,(H2,24,32)(H,25,26)/t7-,10-,16+,22-/m0/s1. The molecule has 0 radical (unpaired) electrons. The Morgan fingerprint density at radius 1 is 1.21 bits per heavy atom. The third-order valence-electron chi connectivity index (χ3n) is 6.92. The molecule has 0 aliphatic heterocycles. The summed E-state index contributed by atoms with van der Waals surface area (Å²) >= 11 is 0. The van der Waals surface area contributed by atoms with Crippen LogP contribution in [0.25, 0.3) is 17.0 Å². The largest absolute Gasteiger partial charge is 0.508 e. The first kappa shape index (κ1) is 20.9. The molecule has 2 aromatic rings. The number of aromatic hydroxyl groups is 1. The summed E-state index contributed by atoms with van der Waals surface area (Å²) in [7, 11) is 0. The average molecular weight is 452 g/mol. The second kappa shape index (κ2) is 6.77. The monoisotopic (exact) mass is 452 g/mol. The number of primary amides is 1. The van der Waals surface area contributed by atoms with E-state index < -0.39 is 58.0 Å². The molecule has 0 saturated heterocycles. The highest BCUT2D eigenvalue weighted by Gasteiger charge is 2.63. The minimum absolute atomic E-state index is 0.0125. The summed E-state index contributed by atoms with van der Waals surface area (Å²) in [6, 6.07) is 1.53. The van der Waals surface area contributed by atoms with Gasteiger partial charge in [0.25, 0.3) is 5.91 Å². The van der Waals surface area contributed by atoms with Gasteiger partial charge < -0.3 is 36.9 Å². The molecule has 5 rings (SSSR count). The van der Waals surface area contributed by atoms with Crippen molar-refractivity contribution >= 4 is 23.2 Å². The predicted octanol–water partition coefficient (Wildman–Crippen LogP) is -0.249. The van der Waals surface area contributed by atoms with Crippen LogP contribution in [0.4, 0.5) is 0 Å². The normalized spacial score (nSPS) is 29.0. The van der Waals surface area contributed by atoms with Crippen molar-refractivity contribution in [3.8, 4) is 17.0 Å². The number of ketones is 2. The molecule has 1 amide bonds. The summed E-state index contributed by atoms with van der Waals surface area (Å²) in [5, 5.41) is 43.5. The maximum absolute atomic E-state index is 13.5. The number of nitrogens with one attached hydrogen (secondary N) is 1. The number of aromatic nitrogens is 2. The van der Waals surface area contributed by atoms with Crippen LogP contribution in [0.15, 0.2) is 41.6 Å². The van der Waals surface area contributed by atoms with Gasteiger partial charge in [-0.1, -0.05) is 0 Å². The van der Waals surface area contributed by atoms with Gasteiger partial charge in [0, 0.05) is 17.1 Å². The van der Waals surface area contributed by atoms with E-state index in [-0.39, 0.29) is 29.7 Å². The number of H-pyrrole nitrogens is 1. The summed E-state index contributed by atoms with van der Waals surface area (Å²) in [4.78, 5) is 44.8. The molecule has 0 spiro atoms. The quantitative estimate of drug-likeness (QED) is 0.299. The number of hydrogen-bond donors (Lipinski definition) is 7. The fourth-order valence-corrected chi connectivity index (χ4v) is 5.37. The van der Waals surface area contributed by atoms with Crippen molar-refractivity contribution < 1.29 is 34.8 Å². The summed E-state index contributed by atoms with van der Waals surface area (Å²) in [5.41, 5.74) is 9.12. The van der Waals surface area contributed by atoms with Gasteiger partial charge >= 0.3 is 0 Å². The number of aliphatic hydroxyl groups is 3. The lowest BCUT2D eigenvalue weighted by Gasteiger charge is -2.48. The Labute approximate surface area is 186 Å². The van der Waals surface area contributed by atoms with Crippen molar-refractivity contribution in [2.45, 2.75) is 24.5 Å². The Morgan fingerprint density at radius 3 is 2.58 bits per heavy atom. The SMILES string of the molecule is NC(=O)C1=C(O)[C@@]2(O)C(=O)C3=C(O)c4c(O)ccc(-c5cnc[nH]5)c4C[C@H]3C[C@H]2[C@@H](N)C1=O. The number of aliphatic hydroxyl groups excluding tert-OH is 2. The van der Waals surface area contributed by atoms with Crippen LogP contribution in [0.2, 0.25) is 0 Å². The first-order chi connectivity index (χ1) is 15.6. The lowest BCUT2D eigenvalue weighted by atomic mass is 9.57. The van der Waals surface area contributed by atoms with Gasteiger partial charge in [-0.25, -0.2) is 4.98 Å². The van der Waals surface area contributed by atoms with Crippen molar-refractivity contribution in [2.75, 3.05) is 0 Å². The number of amides is 1. The molecular weight excluding hydrogens is 432 g/mol. The number of nitrogens with zero attached hydrogens (tertiary/aromatic N) is 1. The third-order valence-corrected chi connectivity index (χ3v) is 6.92. The van der Waals surface area contributed by atoms with Gasteiger partial charge in [0.1, 0.15) is 22.8 Å². The first-order valence-corrected chi connectivity index (χ1v) is 10.2. The van der Waals surface area contributed by atoms with Crippen LogP contribution >= 0.6 is 0 Å². The number of Topliss-reactive ketones (excluding diaryl/α,β-unsaturated/α-hetero) is 2. The highest BCUT2D eigenvalue weighted by molar-refractivity contribution is 6.24. The maximum Gasteiger partial charge on any atom is 0.255 e. The number of phenols is 1. The molecule has 9 N–H and O–H groups in total. The van der Waals surface area contributed by atoms with E-state index in [9.17, 15) is 34.8 Å². The lowest BCUT2D eigenvalue weighted by molar-refractivity contribution is -0.149. The first-order valence-electron chi connectivity index (χ1n) is 10.2. The number of benzene rings is 1. The summed E-state index contributed by atoms with van der Waals surface area (Å²) in [5.74, 6) is -7.34. The minimum Gasteiger partial charge on any atom is -0.508 e. The second-order valence-electron chi connectivity index (χ2n) is 8.53. The molecule has 170 valence electrons. The number of aromatic amines is 1. The van der Waals surface area contributed by atoms with Gasteiger partial charge in [-0.2, -0.15) is 0 Å². The highest BCUT2D eigenvalue weighted by Crippen LogP contribution is 2.52. The van der Waals surface area contributed by atoms with Crippen LogP contribution in [0.3, 0.4) is 0 Å². The molecule has 33 heavy (non-hydrogen) atoms. The van der Waals surface area contributed by atoms with Gasteiger partial charge in [0.2, 0.25) is 5.78 Å². The molecule has 0 unspecified atom stereocenters. The molecule has 3 aliphatic carbocycles. The van der Waals surface area contributed by atoms with E-state index in [1.165, 1.54) is 12.4 Å². The van der Waals surface area contributed by atoms with Gasteiger partial charge in [-0.05, 0) is 36.5 Å². The Balaban J connectivity index is 1.74. The molecule has 1 heterocycles. The number of imidazole rings is 1. The fraction of sp³-hybridized carbons (Fsp3) is 0.273. The van der Waals surface area contributed by atoms with Crippen molar-refractivity contribution in [1.29, 1.82) is 0 Å². The van der Waals surface area contributed by atoms with E-state index in [1.807, 2.05) is 0 Å². The fourth-order valence-electron chi connectivity index (χ4n) is 5.37. The molecular formula is C22H20N4O7. The van der Waals surface area contributed by atoms with Crippen LogP contribution in [0.5, 0.6) is 5.75 Å². The zero-order valence-corrected chi connectivity index (χ0v) is 17.1. The average Bonchev–Trinajstić information content (AvgIpc) is 3.29. The molecule has 11 nitrogen and oxygen atoms in total. The summed E-state index contributed by atoms with van der Waals surface area (Å²) in [6.45, 7) is 0. The lowest BCUT2D eigenvalue weighted by Crippen LogP contribution is -2.65. The van der Waals surface area contributed by atoms with Crippen LogP contribution in [0.1, 0.15) is 17.5 Å². The van der Waals surface area contributed by atoms with Gasteiger partial charge in [-0.15, -0.1) is 0 Å². The van der Waals surface area contributed by atoms with Crippen LogP contribution in [-0.4, -0.2) is 59.5 Å². The zero-order chi connectivity index (χ0) is 23.8. The number of carbonyl (C=O) groups excluding carboxylic acids is 3. The molecule has 4 atom stereocenters. The van der Waals surface area contributed by atoms with Gasteiger partial charge in [-0.3, -0.25) is 14.4 Å². The summed E-state index contributed by atoms with van der Waals surface area (Å²) < 4.78 is 0. The molecule has 1 fully saturated rings. The van der Waals surface area contributed by atoms with E-state index in [2.05, 4.69) is 9.97 Å². The van der Waals surface area contributed by atoms with Crippen LogP contribution in [-0.2, 0) is 20.8 Å². The van der Waals surface area contributed by atoms with E-state index in [4.69, 9.17) is 11.5 Å². The Bertz CT molecular complexity index is 1310. The molecule has 3 aliphatic rings. The third kappa shape index (κ3) is 2.57. The Hall–Kier alpha value is -3.96. The summed E-state index contributed by atoms with van der Waals surface area (Å²) in [6.07, 6.45) is 3.16. The van der Waals surface area contributed by atoms with E-state index in [0.717, 1.165) is 0 Å². The molecule has 1 saturated carbocycles. The van der Waals surface area contributed by atoms with Crippen molar-refractivity contribution in [2.24, 2.45) is 23.3 Å². The van der Waals surface area contributed by atoms with Gasteiger partial charge in [0.05, 0.1) is 29.8 Å². The number of carbonyl (C=O) groups is 3. The zero-order valence-electron chi connectivity index (χ0n) is 17.1. The minimum atomic E-state index is -2.72. The van der Waals surface area contributed by atoms with Gasteiger partial charge in [0.15, 0.2) is 11.4 Å². The van der Waals surface area contributed by atoms with Crippen LogP contribution in [0, 0.1) is 11.8 Å². The van der Waals surface area contributed by atoms with E-state index in [1.54, 1.807) is 12.3 Å².